The maximum Gasteiger partial charge on any atom is 0.286 e. The number of nitrogens with one attached hydrogen (secondary N) is 2. The summed E-state index contributed by atoms with van der Waals surface area (Å²) >= 11 is 0. The molecule has 2 fully saturated rings. The number of H-pyrrole nitrogens is 1. The summed E-state index contributed by atoms with van der Waals surface area (Å²) in [4.78, 5) is 36.5. The van der Waals surface area contributed by atoms with Gasteiger partial charge in [0, 0.05) is 57.6 Å². The number of aromatic amines is 1. The fourth-order valence-electron chi connectivity index (χ4n) is 4.55. The summed E-state index contributed by atoms with van der Waals surface area (Å²) in [5.41, 5.74) is 6.62. The topological polar surface area (TPSA) is 110 Å². The highest BCUT2D eigenvalue weighted by Gasteiger charge is 2.20. The maximum atomic E-state index is 12.3. The summed E-state index contributed by atoms with van der Waals surface area (Å²) in [6, 6.07) is 7.51. The van der Waals surface area contributed by atoms with E-state index in [2.05, 4.69) is 35.4 Å². The first-order valence-corrected chi connectivity index (χ1v) is 12.0. The van der Waals surface area contributed by atoms with Gasteiger partial charge in [0.2, 0.25) is 0 Å². The number of aryl methyl sites for hydroxylation is 1. The minimum absolute atomic E-state index is 0.0387. The number of nitrogens with zero attached hydrogens (tertiary/aromatic N) is 6. The Morgan fingerprint density at radius 3 is 2.56 bits per heavy atom. The number of pyridine rings is 2. The van der Waals surface area contributed by atoms with Crippen LogP contribution in [0, 0.1) is 0 Å². The Morgan fingerprint density at radius 1 is 1.06 bits per heavy atom. The predicted molar refractivity (Wildman–Crippen MR) is 130 cm³/mol. The van der Waals surface area contributed by atoms with Crippen molar-refractivity contribution < 1.29 is 4.79 Å². The average molecular weight is 463 g/mol. The zero-order chi connectivity index (χ0) is 23.5. The van der Waals surface area contributed by atoms with E-state index in [1.807, 2.05) is 36.3 Å². The first-order valence-electron chi connectivity index (χ1n) is 12.0. The monoisotopic (exact) mass is 462 g/mol. The van der Waals surface area contributed by atoms with Crippen LogP contribution >= 0.6 is 0 Å². The summed E-state index contributed by atoms with van der Waals surface area (Å²) in [6.45, 7) is 7.91. The van der Waals surface area contributed by atoms with Gasteiger partial charge >= 0.3 is 0 Å². The van der Waals surface area contributed by atoms with Crippen LogP contribution in [-0.4, -0.2) is 75.2 Å². The molecule has 3 aromatic heterocycles. The average Bonchev–Trinajstić information content (AvgIpc) is 3.37. The fraction of sp³-hybridized carbons (Fsp3) is 0.458. The van der Waals surface area contributed by atoms with E-state index in [4.69, 9.17) is 0 Å². The maximum absolute atomic E-state index is 12.3. The molecule has 0 aromatic carbocycles. The molecule has 2 aliphatic heterocycles. The Balaban J connectivity index is 1.16. The number of carbonyl (C=O) groups is 1. The van der Waals surface area contributed by atoms with Crippen molar-refractivity contribution in [2.75, 3.05) is 44.2 Å². The predicted octanol–water partition coefficient (Wildman–Crippen LogP) is 1.34. The zero-order valence-corrected chi connectivity index (χ0v) is 19.5. The molecule has 0 aliphatic carbocycles. The molecule has 0 radical (unpaired) electrons. The largest absolute Gasteiger partial charge is 0.353 e. The summed E-state index contributed by atoms with van der Waals surface area (Å²) in [7, 11) is 0. The van der Waals surface area contributed by atoms with Gasteiger partial charge in [0.1, 0.15) is 0 Å². The van der Waals surface area contributed by atoms with Crippen molar-refractivity contribution in [3.05, 3.63) is 57.6 Å². The second-order valence-electron chi connectivity index (χ2n) is 8.93. The van der Waals surface area contributed by atoms with E-state index < -0.39 is 0 Å². The Kier molecular flexibility index (Phi) is 6.50. The number of hydrogen-bond donors (Lipinski definition) is 2. The van der Waals surface area contributed by atoms with E-state index in [0.717, 1.165) is 86.6 Å². The van der Waals surface area contributed by atoms with Gasteiger partial charge < -0.3 is 9.88 Å². The van der Waals surface area contributed by atoms with Crippen LogP contribution in [0.5, 0.6) is 0 Å². The van der Waals surface area contributed by atoms with Gasteiger partial charge in [0.15, 0.2) is 11.5 Å². The summed E-state index contributed by atoms with van der Waals surface area (Å²) in [6.07, 6.45) is 4.79. The molecule has 5 heterocycles. The SMILES string of the molecule is CCc1cc2ncc(CN3CCN(c4ccc(C(=O)NN5CCCC5)nn4)CC3)cc2[nH]c1=O. The first kappa shape index (κ1) is 22.4. The lowest BCUT2D eigenvalue weighted by molar-refractivity contribution is 0.0819. The highest BCUT2D eigenvalue weighted by atomic mass is 16.2. The number of hydrogen-bond acceptors (Lipinski definition) is 8. The van der Waals surface area contributed by atoms with Crippen molar-refractivity contribution in [1.82, 2.24) is 35.5 Å². The number of amides is 1. The minimum Gasteiger partial charge on any atom is -0.353 e. The molecule has 1 amide bonds. The van der Waals surface area contributed by atoms with Crippen LogP contribution in [0.1, 0.15) is 41.4 Å². The molecule has 2 N–H and O–H groups in total. The Bertz CT molecular complexity index is 1210. The van der Waals surface area contributed by atoms with Gasteiger partial charge in [-0.25, -0.2) is 5.01 Å². The molecular weight excluding hydrogens is 432 g/mol. The lowest BCUT2D eigenvalue weighted by Crippen LogP contribution is -2.46. The number of rotatable bonds is 6. The van der Waals surface area contributed by atoms with Crippen molar-refractivity contribution in [3.8, 4) is 0 Å². The normalized spacial score (nSPS) is 17.4. The summed E-state index contributed by atoms with van der Waals surface area (Å²) < 4.78 is 0. The van der Waals surface area contributed by atoms with E-state index in [9.17, 15) is 9.59 Å². The van der Waals surface area contributed by atoms with Gasteiger partial charge in [-0.05, 0) is 49.1 Å². The number of piperazine rings is 1. The van der Waals surface area contributed by atoms with Crippen LogP contribution in [0.25, 0.3) is 11.0 Å². The van der Waals surface area contributed by atoms with Crippen molar-refractivity contribution in [2.24, 2.45) is 0 Å². The lowest BCUT2D eigenvalue weighted by Gasteiger charge is -2.35. The van der Waals surface area contributed by atoms with Crippen LogP contribution in [-0.2, 0) is 13.0 Å². The molecule has 0 saturated carbocycles. The Labute approximate surface area is 198 Å². The minimum atomic E-state index is -0.206. The molecule has 0 atom stereocenters. The molecular formula is C24H30N8O2. The second-order valence-corrected chi connectivity index (χ2v) is 8.93. The second kappa shape index (κ2) is 9.86. The van der Waals surface area contributed by atoms with E-state index in [1.165, 1.54) is 0 Å². The van der Waals surface area contributed by atoms with Crippen LogP contribution in [0.3, 0.4) is 0 Å². The van der Waals surface area contributed by atoms with Gasteiger partial charge in [-0.2, -0.15) is 0 Å². The standard InChI is InChI=1S/C24H30N8O2/c1-2-18-14-20-21(26-23(18)33)13-17(15-25-20)16-30-9-11-31(12-10-30)22-6-5-19(27-28-22)24(34)29-32-7-3-4-8-32/h5-6,13-15H,2-4,7-12,16H2,1H3,(H,26,33)(H,29,34). The lowest BCUT2D eigenvalue weighted by atomic mass is 10.1. The van der Waals surface area contributed by atoms with Crippen molar-refractivity contribution in [2.45, 2.75) is 32.7 Å². The van der Waals surface area contributed by atoms with Crippen molar-refractivity contribution in [1.29, 1.82) is 0 Å². The number of hydrazine groups is 1. The molecule has 5 rings (SSSR count). The molecule has 0 spiro atoms. The van der Waals surface area contributed by atoms with Crippen LogP contribution in [0.2, 0.25) is 0 Å². The summed E-state index contributed by atoms with van der Waals surface area (Å²) in [5.74, 6) is 0.580. The molecule has 10 nitrogen and oxygen atoms in total. The number of anilines is 1. The van der Waals surface area contributed by atoms with Crippen molar-refractivity contribution in [3.63, 3.8) is 0 Å². The van der Waals surface area contributed by atoms with Crippen molar-refractivity contribution >= 4 is 22.8 Å². The molecule has 2 saturated heterocycles. The van der Waals surface area contributed by atoms with Crippen LogP contribution in [0.4, 0.5) is 5.82 Å². The van der Waals surface area contributed by atoms with E-state index in [-0.39, 0.29) is 11.5 Å². The highest BCUT2D eigenvalue weighted by Crippen LogP contribution is 2.17. The third-order valence-electron chi connectivity index (χ3n) is 6.56. The van der Waals surface area contributed by atoms with Gasteiger partial charge in [-0.1, -0.05) is 6.92 Å². The molecule has 3 aromatic rings. The first-order chi connectivity index (χ1) is 16.6. The van der Waals surface area contributed by atoms with Crippen LogP contribution < -0.4 is 15.9 Å². The van der Waals surface area contributed by atoms with Gasteiger partial charge in [-0.15, -0.1) is 10.2 Å². The molecule has 178 valence electrons. The molecule has 2 aliphatic rings. The quantitative estimate of drug-likeness (QED) is 0.565. The Hall–Kier alpha value is -3.37. The number of carbonyl (C=O) groups excluding carboxylic acids is 1. The third-order valence-corrected chi connectivity index (χ3v) is 6.56. The third kappa shape index (κ3) is 4.92. The molecule has 0 unspecified atom stereocenters. The van der Waals surface area contributed by atoms with Gasteiger partial charge in [-0.3, -0.25) is 24.9 Å². The fourth-order valence-corrected chi connectivity index (χ4v) is 4.55. The van der Waals surface area contributed by atoms with E-state index in [1.54, 1.807) is 6.07 Å². The molecule has 10 heteroatoms. The van der Waals surface area contributed by atoms with E-state index >= 15 is 0 Å². The highest BCUT2D eigenvalue weighted by molar-refractivity contribution is 5.91. The molecule has 34 heavy (non-hydrogen) atoms. The van der Waals surface area contributed by atoms with Gasteiger partial charge in [0.25, 0.3) is 11.5 Å². The van der Waals surface area contributed by atoms with E-state index in [0.29, 0.717) is 12.1 Å². The van der Waals surface area contributed by atoms with Gasteiger partial charge in [0.05, 0.1) is 11.0 Å². The number of fused-ring (bicyclic) bond motifs is 1. The summed E-state index contributed by atoms with van der Waals surface area (Å²) in [5, 5.41) is 10.4. The number of aromatic nitrogens is 4. The molecule has 0 bridgehead atoms. The van der Waals surface area contributed by atoms with Crippen LogP contribution in [0.15, 0.2) is 35.3 Å². The zero-order valence-electron chi connectivity index (χ0n) is 19.5. The Morgan fingerprint density at radius 2 is 1.85 bits per heavy atom. The smallest absolute Gasteiger partial charge is 0.286 e.